The standard InChI is InChI=1S/C11H23N/c1-9-4-6-11(12-3)7-5-10(2)8-9/h9-12H,4-8H2,1-3H3. The van der Waals surface area contributed by atoms with Crippen molar-refractivity contribution in [2.75, 3.05) is 7.05 Å². The molecule has 72 valence electrons. The molecular weight excluding hydrogens is 146 g/mol. The topological polar surface area (TPSA) is 12.0 Å². The predicted molar refractivity (Wildman–Crippen MR) is 54.3 cm³/mol. The number of rotatable bonds is 1. The van der Waals surface area contributed by atoms with E-state index in [1.54, 1.807) is 0 Å². The molecule has 0 amide bonds. The highest BCUT2D eigenvalue weighted by atomic mass is 14.9. The Balaban J connectivity index is 2.36. The van der Waals surface area contributed by atoms with E-state index in [0.717, 1.165) is 17.9 Å². The van der Waals surface area contributed by atoms with Crippen LogP contribution in [0.25, 0.3) is 0 Å². The Morgan fingerprint density at radius 3 is 1.83 bits per heavy atom. The van der Waals surface area contributed by atoms with Crippen LogP contribution in [0.1, 0.15) is 46.0 Å². The minimum absolute atomic E-state index is 0.787. The Morgan fingerprint density at radius 1 is 0.917 bits per heavy atom. The molecule has 1 nitrogen and oxygen atoms in total. The average molecular weight is 169 g/mol. The minimum Gasteiger partial charge on any atom is -0.317 e. The van der Waals surface area contributed by atoms with E-state index < -0.39 is 0 Å². The van der Waals surface area contributed by atoms with E-state index in [4.69, 9.17) is 0 Å². The van der Waals surface area contributed by atoms with Crippen LogP contribution in [0.4, 0.5) is 0 Å². The average Bonchev–Trinajstić information content (AvgIpc) is 2.02. The first-order chi connectivity index (χ1) is 5.72. The summed E-state index contributed by atoms with van der Waals surface area (Å²) in [5, 5.41) is 3.41. The van der Waals surface area contributed by atoms with Gasteiger partial charge in [-0.3, -0.25) is 0 Å². The summed E-state index contributed by atoms with van der Waals surface area (Å²) in [6, 6.07) is 0.787. The monoisotopic (exact) mass is 169 g/mol. The Kier molecular flexibility index (Phi) is 4.07. The third-order valence-electron chi connectivity index (χ3n) is 3.23. The van der Waals surface area contributed by atoms with E-state index in [2.05, 4.69) is 26.2 Å². The summed E-state index contributed by atoms with van der Waals surface area (Å²) >= 11 is 0. The van der Waals surface area contributed by atoms with Crippen molar-refractivity contribution < 1.29 is 0 Å². The Morgan fingerprint density at radius 2 is 1.42 bits per heavy atom. The zero-order valence-corrected chi connectivity index (χ0v) is 8.77. The van der Waals surface area contributed by atoms with Crippen molar-refractivity contribution in [1.82, 2.24) is 5.32 Å². The van der Waals surface area contributed by atoms with Crippen LogP contribution in [-0.2, 0) is 0 Å². The van der Waals surface area contributed by atoms with Crippen molar-refractivity contribution in [2.45, 2.75) is 52.0 Å². The largest absolute Gasteiger partial charge is 0.317 e. The molecule has 1 saturated carbocycles. The van der Waals surface area contributed by atoms with Gasteiger partial charge in [0.05, 0.1) is 0 Å². The highest BCUT2D eigenvalue weighted by Gasteiger charge is 2.16. The van der Waals surface area contributed by atoms with Gasteiger partial charge in [0.25, 0.3) is 0 Å². The highest BCUT2D eigenvalue weighted by Crippen LogP contribution is 2.25. The number of hydrogen-bond acceptors (Lipinski definition) is 1. The fourth-order valence-corrected chi connectivity index (χ4v) is 2.33. The molecule has 1 aliphatic rings. The summed E-state index contributed by atoms with van der Waals surface area (Å²) < 4.78 is 0. The maximum absolute atomic E-state index is 3.41. The van der Waals surface area contributed by atoms with Gasteiger partial charge in [-0.15, -0.1) is 0 Å². The third-order valence-corrected chi connectivity index (χ3v) is 3.23. The van der Waals surface area contributed by atoms with Crippen LogP contribution in [0, 0.1) is 11.8 Å². The molecule has 1 rings (SSSR count). The van der Waals surface area contributed by atoms with Gasteiger partial charge in [-0.05, 0) is 51.0 Å². The molecule has 2 unspecified atom stereocenters. The van der Waals surface area contributed by atoms with Gasteiger partial charge >= 0.3 is 0 Å². The molecule has 1 heteroatoms. The van der Waals surface area contributed by atoms with Crippen LogP contribution in [0.5, 0.6) is 0 Å². The highest BCUT2D eigenvalue weighted by molar-refractivity contribution is 4.73. The van der Waals surface area contributed by atoms with Crippen LogP contribution < -0.4 is 5.32 Å². The molecule has 12 heavy (non-hydrogen) atoms. The van der Waals surface area contributed by atoms with Gasteiger partial charge in [-0.2, -0.15) is 0 Å². The molecule has 0 bridgehead atoms. The van der Waals surface area contributed by atoms with Crippen molar-refractivity contribution >= 4 is 0 Å². The van der Waals surface area contributed by atoms with Crippen molar-refractivity contribution in [2.24, 2.45) is 11.8 Å². The van der Waals surface area contributed by atoms with Crippen molar-refractivity contribution in [1.29, 1.82) is 0 Å². The smallest absolute Gasteiger partial charge is 0.00642 e. The molecule has 0 aliphatic heterocycles. The molecular formula is C11H23N. The summed E-state index contributed by atoms with van der Waals surface area (Å²) in [7, 11) is 2.10. The fraction of sp³-hybridized carbons (Fsp3) is 1.00. The van der Waals surface area contributed by atoms with E-state index in [9.17, 15) is 0 Å². The van der Waals surface area contributed by atoms with E-state index >= 15 is 0 Å². The molecule has 0 radical (unpaired) electrons. The van der Waals surface area contributed by atoms with Crippen molar-refractivity contribution in [3.05, 3.63) is 0 Å². The third kappa shape index (κ3) is 3.14. The number of nitrogens with one attached hydrogen (secondary N) is 1. The molecule has 0 saturated heterocycles. The van der Waals surface area contributed by atoms with E-state index in [1.165, 1.54) is 32.1 Å². The number of hydrogen-bond donors (Lipinski definition) is 1. The van der Waals surface area contributed by atoms with Crippen molar-refractivity contribution in [3.8, 4) is 0 Å². The van der Waals surface area contributed by atoms with Gasteiger partial charge in [0.1, 0.15) is 0 Å². The van der Waals surface area contributed by atoms with Crippen molar-refractivity contribution in [3.63, 3.8) is 0 Å². The molecule has 0 spiro atoms. The van der Waals surface area contributed by atoms with Crippen LogP contribution in [0.15, 0.2) is 0 Å². The van der Waals surface area contributed by atoms with E-state index in [0.29, 0.717) is 0 Å². The molecule has 1 fully saturated rings. The Labute approximate surface area is 76.9 Å². The van der Waals surface area contributed by atoms with Gasteiger partial charge in [-0.1, -0.05) is 13.8 Å². The van der Waals surface area contributed by atoms with Gasteiger partial charge in [0.2, 0.25) is 0 Å². The van der Waals surface area contributed by atoms with Gasteiger partial charge in [-0.25, -0.2) is 0 Å². The molecule has 0 aromatic heterocycles. The second-order valence-corrected chi connectivity index (χ2v) is 4.59. The van der Waals surface area contributed by atoms with Crippen LogP contribution in [0.3, 0.4) is 0 Å². The maximum atomic E-state index is 3.41. The van der Waals surface area contributed by atoms with Gasteiger partial charge < -0.3 is 5.32 Å². The molecule has 1 N–H and O–H groups in total. The second-order valence-electron chi connectivity index (χ2n) is 4.59. The second kappa shape index (κ2) is 4.86. The summed E-state index contributed by atoms with van der Waals surface area (Å²) in [4.78, 5) is 0. The lowest BCUT2D eigenvalue weighted by Crippen LogP contribution is -2.28. The van der Waals surface area contributed by atoms with E-state index in [1.807, 2.05) is 0 Å². The predicted octanol–water partition coefficient (Wildman–Crippen LogP) is 2.81. The lowest BCUT2D eigenvalue weighted by atomic mass is 9.84. The quantitative estimate of drug-likeness (QED) is 0.636. The molecule has 2 atom stereocenters. The fourth-order valence-electron chi connectivity index (χ4n) is 2.33. The summed E-state index contributed by atoms with van der Waals surface area (Å²) in [6.07, 6.45) is 7.02. The SMILES string of the molecule is CNC1CCC(C)CC(C)CC1. The molecule has 0 aromatic carbocycles. The summed E-state index contributed by atoms with van der Waals surface area (Å²) in [6.45, 7) is 4.79. The molecule has 1 aliphatic carbocycles. The van der Waals surface area contributed by atoms with Gasteiger partial charge in [0.15, 0.2) is 0 Å². The normalized spacial score (nSPS) is 38.8. The zero-order chi connectivity index (χ0) is 8.97. The lowest BCUT2D eigenvalue weighted by Gasteiger charge is -2.26. The van der Waals surface area contributed by atoms with Crippen LogP contribution in [-0.4, -0.2) is 13.1 Å². The Hall–Kier alpha value is -0.0400. The maximum Gasteiger partial charge on any atom is 0.00642 e. The van der Waals surface area contributed by atoms with Gasteiger partial charge in [0, 0.05) is 6.04 Å². The minimum atomic E-state index is 0.787. The molecule has 0 aromatic rings. The molecule has 0 heterocycles. The summed E-state index contributed by atoms with van der Waals surface area (Å²) in [5.41, 5.74) is 0. The lowest BCUT2D eigenvalue weighted by molar-refractivity contribution is 0.294. The first-order valence-corrected chi connectivity index (χ1v) is 5.39. The Bertz CT molecular complexity index is 110. The first-order valence-electron chi connectivity index (χ1n) is 5.39. The summed E-state index contributed by atoms with van der Waals surface area (Å²) in [5.74, 6) is 1.88. The van der Waals surface area contributed by atoms with E-state index in [-0.39, 0.29) is 0 Å². The van der Waals surface area contributed by atoms with Crippen LogP contribution in [0.2, 0.25) is 0 Å². The zero-order valence-electron chi connectivity index (χ0n) is 8.77. The van der Waals surface area contributed by atoms with Crippen LogP contribution >= 0.6 is 0 Å². The first kappa shape index (κ1) is 10.0.